The zero-order valence-corrected chi connectivity index (χ0v) is 9.67. The van der Waals surface area contributed by atoms with E-state index in [0.29, 0.717) is 0 Å². The number of aromatic carboxylic acids is 1. The number of aromatic nitrogens is 1. The molecule has 0 saturated carbocycles. The highest BCUT2D eigenvalue weighted by atomic mass is 35.5. The van der Waals surface area contributed by atoms with Gasteiger partial charge in [0.25, 0.3) is 0 Å². The Morgan fingerprint density at radius 3 is 2.56 bits per heavy atom. The Kier molecular flexibility index (Phi) is 4.23. The molecule has 0 fully saturated rings. The Bertz CT molecular complexity index is 439. The summed E-state index contributed by atoms with van der Waals surface area (Å²) in [6.07, 6.45) is -4.94. The van der Waals surface area contributed by atoms with E-state index in [-0.39, 0.29) is 11.4 Å². The highest BCUT2D eigenvalue weighted by Gasteiger charge is 2.33. The molecule has 0 aliphatic carbocycles. The summed E-state index contributed by atoms with van der Waals surface area (Å²) >= 11 is 5.46. The van der Waals surface area contributed by atoms with Gasteiger partial charge in [-0.25, -0.2) is 4.79 Å². The Hall–Kier alpha value is -1.70. The number of rotatable bonds is 4. The first kappa shape index (κ1) is 14.4. The fourth-order valence-corrected chi connectivity index (χ4v) is 1.41. The third-order valence-electron chi connectivity index (χ3n) is 1.82. The van der Waals surface area contributed by atoms with Crippen LogP contribution in [-0.4, -0.2) is 29.5 Å². The molecule has 9 heteroatoms. The topological polar surface area (TPSA) is 68.7 Å². The number of carboxylic acids is 1. The van der Waals surface area contributed by atoms with Crippen LogP contribution in [0.3, 0.4) is 0 Å². The maximum Gasteiger partial charge on any atom is 0.574 e. The SMILES string of the molecule is COc1nc(OC(F)(F)F)cc(CCl)c1C(=O)O. The van der Waals surface area contributed by atoms with Gasteiger partial charge in [-0.2, -0.15) is 4.98 Å². The summed E-state index contributed by atoms with van der Waals surface area (Å²) in [5.41, 5.74) is -0.489. The van der Waals surface area contributed by atoms with Crippen LogP contribution in [-0.2, 0) is 5.88 Å². The van der Waals surface area contributed by atoms with Crippen LogP contribution in [0.1, 0.15) is 15.9 Å². The van der Waals surface area contributed by atoms with Gasteiger partial charge < -0.3 is 14.6 Å². The molecule has 1 aromatic rings. The number of carboxylic acid groups (broad SMARTS) is 1. The molecule has 0 aliphatic heterocycles. The van der Waals surface area contributed by atoms with Crippen molar-refractivity contribution in [3.8, 4) is 11.8 Å². The number of nitrogens with zero attached hydrogens (tertiary/aromatic N) is 1. The van der Waals surface area contributed by atoms with Crippen molar-refractivity contribution < 1.29 is 32.5 Å². The number of halogens is 4. The van der Waals surface area contributed by atoms with Gasteiger partial charge in [-0.1, -0.05) is 0 Å². The van der Waals surface area contributed by atoms with E-state index in [2.05, 4.69) is 14.5 Å². The Morgan fingerprint density at radius 1 is 1.56 bits per heavy atom. The van der Waals surface area contributed by atoms with Gasteiger partial charge in [-0.15, -0.1) is 24.8 Å². The van der Waals surface area contributed by atoms with E-state index >= 15 is 0 Å². The van der Waals surface area contributed by atoms with Crippen molar-refractivity contribution in [1.82, 2.24) is 4.98 Å². The van der Waals surface area contributed by atoms with Gasteiger partial charge in [0.2, 0.25) is 11.8 Å². The van der Waals surface area contributed by atoms with Crippen LogP contribution >= 0.6 is 11.6 Å². The number of alkyl halides is 4. The van der Waals surface area contributed by atoms with Crippen molar-refractivity contribution in [2.75, 3.05) is 7.11 Å². The Balaban J connectivity index is 3.30. The Morgan fingerprint density at radius 2 is 2.17 bits per heavy atom. The molecule has 0 bridgehead atoms. The van der Waals surface area contributed by atoms with Crippen molar-refractivity contribution in [2.24, 2.45) is 0 Å². The minimum absolute atomic E-state index is 0.0877. The van der Waals surface area contributed by atoms with Crippen molar-refractivity contribution in [3.05, 3.63) is 17.2 Å². The van der Waals surface area contributed by atoms with Crippen molar-refractivity contribution in [3.63, 3.8) is 0 Å². The summed E-state index contributed by atoms with van der Waals surface area (Å²) in [6.45, 7) is 0. The summed E-state index contributed by atoms with van der Waals surface area (Å²) < 4.78 is 44.2. The second kappa shape index (κ2) is 5.30. The molecule has 0 radical (unpaired) electrons. The second-order valence-electron chi connectivity index (χ2n) is 2.99. The van der Waals surface area contributed by atoms with Crippen molar-refractivity contribution in [1.29, 1.82) is 0 Å². The smallest absolute Gasteiger partial charge is 0.480 e. The first-order valence-corrected chi connectivity index (χ1v) is 4.95. The molecule has 0 spiro atoms. The van der Waals surface area contributed by atoms with Gasteiger partial charge in [-0.05, 0) is 5.56 Å². The van der Waals surface area contributed by atoms with E-state index in [4.69, 9.17) is 16.7 Å². The van der Waals surface area contributed by atoms with Crippen molar-refractivity contribution in [2.45, 2.75) is 12.2 Å². The molecule has 1 heterocycles. The second-order valence-corrected chi connectivity index (χ2v) is 3.26. The van der Waals surface area contributed by atoms with Crippen LogP contribution in [0.2, 0.25) is 0 Å². The largest absolute Gasteiger partial charge is 0.574 e. The van der Waals surface area contributed by atoms with E-state index in [1.807, 2.05) is 0 Å². The lowest BCUT2D eigenvalue weighted by molar-refractivity contribution is -0.276. The standard InChI is InChI=1S/C9H7ClF3NO4/c1-17-7-6(8(15)16)4(3-10)2-5(14-7)18-9(11,12)13/h2H,3H2,1H3,(H,15,16). The van der Waals surface area contributed by atoms with Gasteiger partial charge in [-0.3, -0.25) is 0 Å². The quantitative estimate of drug-likeness (QED) is 0.861. The highest BCUT2D eigenvalue weighted by molar-refractivity contribution is 6.17. The summed E-state index contributed by atoms with van der Waals surface area (Å²) in [5.74, 6) is -3.07. The van der Waals surface area contributed by atoms with Crippen LogP contribution < -0.4 is 9.47 Å². The predicted molar refractivity (Wildman–Crippen MR) is 54.0 cm³/mol. The molecule has 18 heavy (non-hydrogen) atoms. The molecule has 1 rings (SSSR count). The normalized spacial score (nSPS) is 11.2. The van der Waals surface area contributed by atoms with Crippen LogP contribution in [0.25, 0.3) is 0 Å². The number of carbonyl (C=O) groups is 1. The third kappa shape index (κ3) is 3.39. The zero-order chi connectivity index (χ0) is 13.9. The molecule has 0 aromatic carbocycles. The average Bonchev–Trinajstić information content (AvgIpc) is 2.24. The summed E-state index contributed by atoms with van der Waals surface area (Å²) in [6, 6.07) is 0.798. The van der Waals surface area contributed by atoms with Crippen LogP contribution in [0, 0.1) is 0 Å². The number of hydrogen-bond acceptors (Lipinski definition) is 4. The minimum Gasteiger partial charge on any atom is -0.480 e. The molecule has 0 saturated heterocycles. The average molecular weight is 286 g/mol. The maximum absolute atomic E-state index is 12.0. The van der Waals surface area contributed by atoms with Crippen LogP contribution in [0.4, 0.5) is 13.2 Å². The van der Waals surface area contributed by atoms with Gasteiger partial charge >= 0.3 is 12.3 Å². The summed E-state index contributed by atoms with van der Waals surface area (Å²) in [5, 5.41) is 8.89. The molecule has 0 unspecified atom stereocenters. The zero-order valence-electron chi connectivity index (χ0n) is 8.92. The molecular weight excluding hydrogens is 279 g/mol. The molecule has 5 nitrogen and oxygen atoms in total. The highest BCUT2D eigenvalue weighted by Crippen LogP contribution is 2.29. The minimum atomic E-state index is -4.94. The fourth-order valence-electron chi connectivity index (χ4n) is 1.20. The van der Waals surface area contributed by atoms with E-state index in [1.165, 1.54) is 0 Å². The fraction of sp³-hybridized carbons (Fsp3) is 0.333. The van der Waals surface area contributed by atoms with E-state index in [1.54, 1.807) is 0 Å². The van der Waals surface area contributed by atoms with E-state index < -0.39 is 29.7 Å². The Labute approximate surface area is 104 Å². The lowest BCUT2D eigenvalue weighted by Gasteiger charge is -2.12. The molecule has 0 amide bonds. The van der Waals surface area contributed by atoms with Gasteiger partial charge in [0.05, 0.1) is 7.11 Å². The first-order chi connectivity index (χ1) is 8.28. The maximum atomic E-state index is 12.0. The summed E-state index contributed by atoms with van der Waals surface area (Å²) in [4.78, 5) is 14.2. The van der Waals surface area contributed by atoms with E-state index in [0.717, 1.165) is 13.2 Å². The monoisotopic (exact) mass is 285 g/mol. The number of ether oxygens (including phenoxy) is 2. The van der Waals surface area contributed by atoms with Gasteiger partial charge in [0, 0.05) is 11.9 Å². The van der Waals surface area contributed by atoms with Crippen LogP contribution in [0.5, 0.6) is 11.8 Å². The number of pyridine rings is 1. The molecule has 1 aromatic heterocycles. The molecule has 100 valence electrons. The van der Waals surface area contributed by atoms with Crippen molar-refractivity contribution >= 4 is 17.6 Å². The molecular formula is C9H7ClF3NO4. The molecule has 0 aliphatic rings. The summed E-state index contributed by atoms with van der Waals surface area (Å²) in [7, 11) is 1.07. The van der Waals surface area contributed by atoms with Crippen LogP contribution in [0.15, 0.2) is 6.07 Å². The lowest BCUT2D eigenvalue weighted by atomic mass is 10.1. The molecule has 0 atom stereocenters. The third-order valence-corrected chi connectivity index (χ3v) is 2.10. The predicted octanol–water partition coefficient (Wildman–Crippen LogP) is 2.43. The number of methoxy groups -OCH3 is 1. The van der Waals surface area contributed by atoms with E-state index in [9.17, 15) is 18.0 Å². The van der Waals surface area contributed by atoms with Gasteiger partial charge in [0.15, 0.2) is 0 Å². The number of hydrogen-bond donors (Lipinski definition) is 1. The first-order valence-electron chi connectivity index (χ1n) is 4.41. The van der Waals surface area contributed by atoms with Gasteiger partial charge in [0.1, 0.15) is 5.56 Å². The lowest BCUT2D eigenvalue weighted by Crippen LogP contribution is -2.19. The molecule has 1 N–H and O–H groups in total.